The van der Waals surface area contributed by atoms with Crippen LogP contribution in [0, 0.1) is 0 Å². The largest absolute Gasteiger partial charge is 0.481 e. The van der Waals surface area contributed by atoms with Crippen molar-refractivity contribution in [2.75, 3.05) is 13.7 Å². The van der Waals surface area contributed by atoms with E-state index >= 15 is 0 Å². The monoisotopic (exact) mass is 261 g/mol. The van der Waals surface area contributed by atoms with Gasteiger partial charge >= 0.3 is 0 Å². The Morgan fingerprint density at radius 1 is 1.11 bits per heavy atom. The van der Waals surface area contributed by atoms with Crippen LogP contribution in [0.25, 0.3) is 0 Å². The molecule has 1 atom stereocenters. The maximum absolute atomic E-state index is 5.37. The zero-order chi connectivity index (χ0) is 13.1. The molecule has 2 aliphatic rings. The number of methoxy groups -OCH3 is 1. The molecule has 1 aromatic rings. The van der Waals surface area contributed by atoms with Crippen molar-refractivity contribution in [1.82, 2.24) is 15.3 Å². The Bertz CT molecular complexity index is 423. The van der Waals surface area contributed by atoms with Crippen LogP contribution in [0.5, 0.6) is 5.88 Å². The van der Waals surface area contributed by atoms with Crippen molar-refractivity contribution in [3.05, 3.63) is 17.6 Å². The standard InChI is InChI=1S/C15H23N3O/c1-19-14-10-13(11-6-2-3-7-11)17-15(18-14)12-8-4-5-9-16-12/h10-12,16H,2-9H2,1H3. The number of nitrogens with one attached hydrogen (secondary N) is 1. The fourth-order valence-corrected chi connectivity index (χ4v) is 3.22. The highest BCUT2D eigenvalue weighted by atomic mass is 16.5. The highest BCUT2D eigenvalue weighted by Gasteiger charge is 2.23. The first-order valence-corrected chi connectivity index (χ1v) is 7.53. The van der Waals surface area contributed by atoms with Crippen molar-refractivity contribution in [3.63, 3.8) is 0 Å². The van der Waals surface area contributed by atoms with Gasteiger partial charge < -0.3 is 10.1 Å². The Morgan fingerprint density at radius 3 is 2.58 bits per heavy atom. The van der Waals surface area contributed by atoms with E-state index in [-0.39, 0.29) is 0 Å². The molecule has 1 saturated carbocycles. The molecule has 4 heteroatoms. The molecule has 0 bridgehead atoms. The van der Waals surface area contributed by atoms with E-state index in [9.17, 15) is 0 Å². The minimum Gasteiger partial charge on any atom is -0.481 e. The molecular formula is C15H23N3O. The molecule has 2 fully saturated rings. The van der Waals surface area contributed by atoms with Crippen molar-refractivity contribution in [3.8, 4) is 5.88 Å². The number of aromatic nitrogens is 2. The smallest absolute Gasteiger partial charge is 0.216 e. The van der Waals surface area contributed by atoms with Crippen molar-refractivity contribution in [2.24, 2.45) is 0 Å². The van der Waals surface area contributed by atoms with E-state index in [1.54, 1.807) is 7.11 Å². The fraction of sp³-hybridized carbons (Fsp3) is 0.733. The molecule has 0 amide bonds. The van der Waals surface area contributed by atoms with Gasteiger partial charge in [-0.2, -0.15) is 4.98 Å². The van der Waals surface area contributed by atoms with E-state index in [0.29, 0.717) is 12.0 Å². The van der Waals surface area contributed by atoms with Crippen LogP contribution in [0.1, 0.15) is 68.4 Å². The minimum absolute atomic E-state index is 0.309. The lowest BCUT2D eigenvalue weighted by atomic mass is 10.0. The summed E-state index contributed by atoms with van der Waals surface area (Å²) in [5.41, 5.74) is 1.19. The third-order valence-electron chi connectivity index (χ3n) is 4.34. The maximum atomic E-state index is 5.37. The van der Waals surface area contributed by atoms with Gasteiger partial charge in [-0.3, -0.25) is 0 Å². The normalized spacial score (nSPS) is 24.6. The quantitative estimate of drug-likeness (QED) is 0.908. The van der Waals surface area contributed by atoms with Gasteiger partial charge in [0.2, 0.25) is 5.88 Å². The van der Waals surface area contributed by atoms with E-state index in [1.165, 1.54) is 44.2 Å². The summed E-state index contributed by atoms with van der Waals surface area (Å²) >= 11 is 0. The van der Waals surface area contributed by atoms with Crippen LogP contribution < -0.4 is 10.1 Å². The van der Waals surface area contributed by atoms with E-state index < -0.39 is 0 Å². The summed E-state index contributed by atoms with van der Waals surface area (Å²) < 4.78 is 5.37. The Balaban J connectivity index is 1.87. The summed E-state index contributed by atoms with van der Waals surface area (Å²) in [6.07, 6.45) is 8.83. The van der Waals surface area contributed by atoms with Crippen LogP contribution in [0.15, 0.2) is 6.07 Å². The van der Waals surface area contributed by atoms with E-state index in [0.717, 1.165) is 24.7 Å². The Hall–Kier alpha value is -1.16. The molecule has 1 aliphatic heterocycles. The summed E-state index contributed by atoms with van der Waals surface area (Å²) in [5.74, 6) is 2.26. The van der Waals surface area contributed by atoms with Gasteiger partial charge in [-0.1, -0.05) is 19.3 Å². The van der Waals surface area contributed by atoms with Crippen LogP contribution in [-0.4, -0.2) is 23.6 Å². The van der Waals surface area contributed by atoms with Crippen LogP contribution in [0.2, 0.25) is 0 Å². The average molecular weight is 261 g/mol. The van der Waals surface area contributed by atoms with Crippen LogP contribution in [0.4, 0.5) is 0 Å². The number of hydrogen-bond acceptors (Lipinski definition) is 4. The number of piperidine rings is 1. The van der Waals surface area contributed by atoms with Gasteiger partial charge in [0.15, 0.2) is 0 Å². The predicted octanol–water partition coefficient (Wildman–Crippen LogP) is 2.96. The van der Waals surface area contributed by atoms with Crippen LogP contribution in [0.3, 0.4) is 0 Å². The van der Waals surface area contributed by atoms with E-state index in [4.69, 9.17) is 9.72 Å². The summed E-state index contributed by atoms with van der Waals surface area (Å²) in [6.45, 7) is 1.07. The second-order valence-electron chi connectivity index (χ2n) is 5.68. The maximum Gasteiger partial charge on any atom is 0.216 e. The first-order chi connectivity index (χ1) is 9.36. The van der Waals surface area contributed by atoms with Crippen molar-refractivity contribution in [1.29, 1.82) is 0 Å². The van der Waals surface area contributed by atoms with Crippen LogP contribution in [-0.2, 0) is 0 Å². The summed E-state index contributed by atoms with van der Waals surface area (Å²) in [7, 11) is 1.69. The number of rotatable bonds is 3. The first kappa shape index (κ1) is 12.9. The lowest BCUT2D eigenvalue weighted by Crippen LogP contribution is -2.28. The molecule has 104 valence electrons. The van der Waals surface area contributed by atoms with Gasteiger partial charge in [0.1, 0.15) is 5.82 Å². The van der Waals surface area contributed by atoms with Gasteiger partial charge in [-0.15, -0.1) is 0 Å². The first-order valence-electron chi connectivity index (χ1n) is 7.53. The molecule has 0 spiro atoms. The molecule has 0 radical (unpaired) electrons. The molecule has 1 saturated heterocycles. The fourth-order valence-electron chi connectivity index (χ4n) is 3.22. The van der Waals surface area contributed by atoms with Gasteiger partial charge in [-0.05, 0) is 32.2 Å². The predicted molar refractivity (Wildman–Crippen MR) is 74.4 cm³/mol. The number of hydrogen-bond donors (Lipinski definition) is 1. The topological polar surface area (TPSA) is 47.0 Å². The van der Waals surface area contributed by atoms with Crippen molar-refractivity contribution >= 4 is 0 Å². The lowest BCUT2D eigenvalue weighted by molar-refractivity contribution is 0.369. The summed E-state index contributed by atoms with van der Waals surface area (Å²) in [5, 5.41) is 3.52. The molecule has 4 nitrogen and oxygen atoms in total. The third kappa shape index (κ3) is 2.89. The number of ether oxygens (including phenoxy) is 1. The Kier molecular flexibility index (Phi) is 3.97. The average Bonchev–Trinajstić information content (AvgIpc) is 3.02. The zero-order valence-electron chi connectivity index (χ0n) is 11.7. The summed E-state index contributed by atoms with van der Waals surface area (Å²) in [4.78, 5) is 9.38. The Morgan fingerprint density at radius 2 is 1.89 bits per heavy atom. The zero-order valence-corrected chi connectivity index (χ0v) is 11.7. The van der Waals surface area contributed by atoms with E-state index in [1.807, 2.05) is 6.07 Å². The molecule has 1 aliphatic carbocycles. The van der Waals surface area contributed by atoms with Crippen molar-refractivity contribution in [2.45, 2.75) is 56.9 Å². The van der Waals surface area contributed by atoms with Gasteiger partial charge in [0.05, 0.1) is 18.8 Å². The molecule has 3 rings (SSSR count). The van der Waals surface area contributed by atoms with Gasteiger partial charge in [0.25, 0.3) is 0 Å². The number of nitrogens with zero attached hydrogens (tertiary/aromatic N) is 2. The molecule has 1 unspecified atom stereocenters. The molecule has 19 heavy (non-hydrogen) atoms. The van der Waals surface area contributed by atoms with Crippen molar-refractivity contribution < 1.29 is 4.74 Å². The lowest BCUT2D eigenvalue weighted by Gasteiger charge is -2.23. The second kappa shape index (κ2) is 5.87. The summed E-state index contributed by atoms with van der Waals surface area (Å²) in [6, 6.07) is 2.34. The molecule has 1 N–H and O–H groups in total. The van der Waals surface area contributed by atoms with Gasteiger partial charge in [0, 0.05) is 12.0 Å². The highest BCUT2D eigenvalue weighted by Crippen LogP contribution is 2.34. The molecule has 2 heterocycles. The van der Waals surface area contributed by atoms with Crippen LogP contribution >= 0.6 is 0 Å². The van der Waals surface area contributed by atoms with E-state index in [2.05, 4.69) is 10.3 Å². The highest BCUT2D eigenvalue weighted by molar-refractivity contribution is 5.21. The SMILES string of the molecule is COc1cc(C2CCCC2)nc(C2CCCCN2)n1. The molecular weight excluding hydrogens is 238 g/mol. The Labute approximate surface area is 115 Å². The molecule has 0 aromatic carbocycles. The second-order valence-corrected chi connectivity index (χ2v) is 5.68. The van der Waals surface area contributed by atoms with Gasteiger partial charge in [-0.25, -0.2) is 4.98 Å². The third-order valence-corrected chi connectivity index (χ3v) is 4.34. The molecule has 1 aromatic heterocycles. The minimum atomic E-state index is 0.309.